The highest BCUT2D eigenvalue weighted by atomic mass is 16.5. The van der Waals surface area contributed by atoms with Crippen molar-refractivity contribution in [3.8, 4) is 11.1 Å². The van der Waals surface area contributed by atoms with E-state index in [1.807, 2.05) is 24.3 Å². The molecular weight excluding hydrogens is 448 g/mol. The van der Waals surface area contributed by atoms with Gasteiger partial charge in [-0.25, -0.2) is 4.79 Å². The van der Waals surface area contributed by atoms with Crippen molar-refractivity contribution >= 4 is 18.0 Å². The van der Waals surface area contributed by atoms with Crippen molar-refractivity contribution in [1.82, 2.24) is 10.2 Å². The smallest absolute Gasteiger partial charge is 0.407 e. The van der Waals surface area contributed by atoms with Gasteiger partial charge in [0.2, 0.25) is 5.91 Å². The molecule has 0 spiro atoms. The number of nitrogens with one attached hydrogen (secondary N) is 1. The van der Waals surface area contributed by atoms with E-state index in [1.165, 1.54) is 0 Å². The van der Waals surface area contributed by atoms with Crippen molar-refractivity contribution in [3.63, 3.8) is 0 Å². The Labute approximate surface area is 203 Å². The van der Waals surface area contributed by atoms with Crippen LogP contribution in [0.5, 0.6) is 0 Å². The second-order valence-electron chi connectivity index (χ2n) is 9.94. The molecule has 3 saturated heterocycles. The van der Waals surface area contributed by atoms with Gasteiger partial charge in [-0.15, -0.1) is 0 Å². The SMILES string of the molecule is O=C(NC1COCC1C(=O)N1[C@@H]2CC[C@H]1[C@@H](C(=O)O)C2)OCC1c2ccccc2-c2ccccc21. The molecule has 2 unspecified atom stereocenters. The van der Waals surface area contributed by atoms with Crippen molar-refractivity contribution < 1.29 is 29.0 Å². The number of carbonyl (C=O) groups excluding carboxylic acids is 2. The van der Waals surface area contributed by atoms with Crippen molar-refractivity contribution in [2.24, 2.45) is 11.8 Å². The van der Waals surface area contributed by atoms with Crippen LogP contribution in [0.4, 0.5) is 4.79 Å². The van der Waals surface area contributed by atoms with Crippen LogP contribution in [0.2, 0.25) is 0 Å². The highest BCUT2D eigenvalue weighted by Gasteiger charge is 2.53. The van der Waals surface area contributed by atoms with Crippen LogP contribution in [0.15, 0.2) is 48.5 Å². The quantitative estimate of drug-likeness (QED) is 0.688. The van der Waals surface area contributed by atoms with E-state index in [2.05, 4.69) is 29.6 Å². The molecule has 2 aromatic rings. The summed E-state index contributed by atoms with van der Waals surface area (Å²) >= 11 is 0. The topological polar surface area (TPSA) is 105 Å². The highest BCUT2D eigenvalue weighted by molar-refractivity contribution is 5.84. The van der Waals surface area contributed by atoms with Gasteiger partial charge in [0, 0.05) is 18.0 Å². The first-order valence-electron chi connectivity index (χ1n) is 12.3. The van der Waals surface area contributed by atoms with Crippen LogP contribution >= 0.6 is 0 Å². The summed E-state index contributed by atoms with van der Waals surface area (Å²) in [5.41, 5.74) is 4.59. The average molecular weight is 477 g/mol. The molecule has 0 radical (unpaired) electrons. The molecule has 35 heavy (non-hydrogen) atoms. The Balaban J connectivity index is 1.10. The Morgan fingerprint density at radius 1 is 0.971 bits per heavy atom. The van der Waals surface area contributed by atoms with Gasteiger partial charge in [0.25, 0.3) is 0 Å². The normalized spacial score (nSPS) is 28.6. The number of nitrogens with zero attached hydrogens (tertiary/aromatic N) is 1. The number of carboxylic acids is 1. The van der Waals surface area contributed by atoms with Gasteiger partial charge in [0.1, 0.15) is 6.61 Å². The predicted octanol–water partition coefficient (Wildman–Crippen LogP) is 3.00. The minimum atomic E-state index is -0.842. The van der Waals surface area contributed by atoms with Gasteiger partial charge in [0.05, 0.1) is 31.1 Å². The third kappa shape index (κ3) is 3.67. The lowest BCUT2D eigenvalue weighted by atomic mass is 9.89. The van der Waals surface area contributed by atoms with Gasteiger partial charge >= 0.3 is 12.1 Å². The number of alkyl carbamates (subject to hydrolysis) is 1. The minimum absolute atomic E-state index is 0.0377. The number of ether oxygens (including phenoxy) is 2. The molecule has 2 amide bonds. The third-order valence-corrected chi connectivity index (χ3v) is 8.15. The molecule has 3 fully saturated rings. The predicted molar refractivity (Wildman–Crippen MR) is 126 cm³/mol. The summed E-state index contributed by atoms with van der Waals surface area (Å²) in [5.74, 6) is -2.05. The lowest BCUT2D eigenvalue weighted by Gasteiger charge is -2.28. The molecule has 182 valence electrons. The van der Waals surface area contributed by atoms with E-state index >= 15 is 0 Å². The van der Waals surface area contributed by atoms with Crippen LogP contribution in [0.1, 0.15) is 36.3 Å². The second kappa shape index (κ2) is 8.68. The van der Waals surface area contributed by atoms with E-state index in [1.54, 1.807) is 4.90 Å². The Morgan fingerprint density at radius 3 is 2.31 bits per heavy atom. The fraction of sp³-hybridized carbons (Fsp3) is 0.444. The molecule has 3 aliphatic heterocycles. The molecular formula is C27H28N2O6. The third-order valence-electron chi connectivity index (χ3n) is 8.15. The van der Waals surface area contributed by atoms with Crippen molar-refractivity contribution in [2.45, 2.75) is 43.3 Å². The van der Waals surface area contributed by atoms with Gasteiger partial charge in [-0.2, -0.15) is 0 Å². The number of fused-ring (bicyclic) bond motifs is 5. The summed E-state index contributed by atoms with van der Waals surface area (Å²) in [6, 6.07) is 15.5. The maximum Gasteiger partial charge on any atom is 0.407 e. The van der Waals surface area contributed by atoms with Gasteiger partial charge in [-0.05, 0) is 41.5 Å². The molecule has 6 rings (SSSR count). The van der Waals surface area contributed by atoms with Gasteiger partial charge in [0.15, 0.2) is 0 Å². The van der Waals surface area contributed by atoms with Crippen molar-refractivity contribution in [2.75, 3.05) is 19.8 Å². The summed E-state index contributed by atoms with van der Waals surface area (Å²) in [6.45, 7) is 0.635. The van der Waals surface area contributed by atoms with E-state index < -0.39 is 29.9 Å². The van der Waals surface area contributed by atoms with Gasteiger partial charge in [-0.3, -0.25) is 9.59 Å². The standard InChI is InChI=1S/C27H28N2O6/c30-25(29-15-9-10-24(29)20(11-15)26(31)32)22-12-34-14-23(22)28-27(33)35-13-21-18-7-3-1-5-16(18)17-6-2-4-8-19(17)21/h1-8,15,20-24H,9-14H2,(H,28,33)(H,31,32)/t15-,20+,22?,23?,24+/m1/s1. The fourth-order valence-electron chi connectivity index (χ4n) is 6.52. The first-order chi connectivity index (χ1) is 17.0. The number of rotatable bonds is 5. The summed E-state index contributed by atoms with van der Waals surface area (Å²) in [6.07, 6.45) is 1.47. The summed E-state index contributed by atoms with van der Waals surface area (Å²) in [7, 11) is 0. The van der Waals surface area contributed by atoms with Crippen LogP contribution < -0.4 is 5.32 Å². The molecule has 0 aromatic heterocycles. The summed E-state index contributed by atoms with van der Waals surface area (Å²) in [5, 5.41) is 12.3. The molecule has 2 bridgehead atoms. The van der Waals surface area contributed by atoms with Crippen molar-refractivity contribution in [1.29, 1.82) is 0 Å². The lowest BCUT2D eigenvalue weighted by Crippen LogP contribution is -2.49. The molecule has 2 aromatic carbocycles. The largest absolute Gasteiger partial charge is 0.481 e. The van der Waals surface area contributed by atoms with Gasteiger partial charge in [-0.1, -0.05) is 48.5 Å². The Kier molecular flexibility index (Phi) is 5.48. The number of benzene rings is 2. The maximum absolute atomic E-state index is 13.4. The molecule has 2 N–H and O–H groups in total. The van der Waals surface area contributed by atoms with Crippen LogP contribution in [-0.2, 0) is 19.1 Å². The Hall–Kier alpha value is -3.39. The Bertz CT molecular complexity index is 1140. The molecule has 4 aliphatic rings. The van der Waals surface area contributed by atoms with E-state index in [4.69, 9.17) is 9.47 Å². The van der Waals surface area contributed by atoms with E-state index in [0.717, 1.165) is 28.7 Å². The molecule has 0 saturated carbocycles. The average Bonchev–Trinajstić information content (AvgIpc) is 3.64. The minimum Gasteiger partial charge on any atom is -0.481 e. The fourth-order valence-corrected chi connectivity index (χ4v) is 6.52. The van der Waals surface area contributed by atoms with Gasteiger partial charge < -0.3 is 24.8 Å². The molecule has 1 aliphatic carbocycles. The number of aliphatic carboxylic acids is 1. The first kappa shape index (κ1) is 22.1. The van der Waals surface area contributed by atoms with E-state index in [0.29, 0.717) is 12.8 Å². The maximum atomic E-state index is 13.4. The number of hydrogen-bond acceptors (Lipinski definition) is 5. The zero-order valence-corrected chi connectivity index (χ0v) is 19.3. The number of amides is 2. The molecule has 8 nitrogen and oxygen atoms in total. The van der Waals surface area contributed by atoms with E-state index in [9.17, 15) is 19.5 Å². The highest BCUT2D eigenvalue weighted by Crippen LogP contribution is 2.45. The zero-order valence-electron chi connectivity index (χ0n) is 19.3. The number of carbonyl (C=O) groups is 3. The van der Waals surface area contributed by atoms with Crippen LogP contribution in [-0.4, -0.2) is 65.9 Å². The molecule has 5 atom stereocenters. The monoisotopic (exact) mass is 476 g/mol. The second-order valence-corrected chi connectivity index (χ2v) is 9.94. The van der Waals surface area contributed by atoms with Crippen LogP contribution in [0.25, 0.3) is 11.1 Å². The first-order valence-corrected chi connectivity index (χ1v) is 12.3. The van der Waals surface area contributed by atoms with Crippen LogP contribution in [0, 0.1) is 11.8 Å². The Morgan fingerprint density at radius 2 is 1.66 bits per heavy atom. The number of hydrogen-bond donors (Lipinski definition) is 2. The van der Waals surface area contributed by atoms with Crippen molar-refractivity contribution in [3.05, 3.63) is 59.7 Å². The van der Waals surface area contributed by atoms with Crippen LogP contribution in [0.3, 0.4) is 0 Å². The summed E-state index contributed by atoms with van der Waals surface area (Å²) in [4.78, 5) is 39.5. The lowest BCUT2D eigenvalue weighted by molar-refractivity contribution is -0.143. The number of carboxylic acid groups (broad SMARTS) is 1. The molecule has 3 heterocycles. The zero-order chi connectivity index (χ0) is 24.1. The van der Waals surface area contributed by atoms with E-state index in [-0.39, 0.29) is 43.7 Å². The summed E-state index contributed by atoms with van der Waals surface area (Å²) < 4.78 is 11.2. The molecule has 8 heteroatoms.